The quantitative estimate of drug-likeness (QED) is 0.535. The summed E-state index contributed by atoms with van der Waals surface area (Å²) < 4.78 is 0. The summed E-state index contributed by atoms with van der Waals surface area (Å²) in [5, 5.41) is 31.3. The highest BCUT2D eigenvalue weighted by atomic mass is 32.2. The van der Waals surface area contributed by atoms with E-state index in [1.165, 1.54) is 11.8 Å². The maximum atomic E-state index is 12.3. The maximum absolute atomic E-state index is 12.3. The average Bonchev–Trinajstić information content (AvgIpc) is 3.23. The van der Waals surface area contributed by atoms with Crippen LogP contribution < -0.4 is 0 Å². The maximum Gasteiger partial charge on any atom is 0.312 e. The molecule has 0 aromatic heterocycles. The molecule has 2 N–H and O–H groups in total. The summed E-state index contributed by atoms with van der Waals surface area (Å²) in [6.07, 6.45) is 1.27. The number of hydrogen-bond donors (Lipinski definition) is 2. The fraction of sp³-hybridized carbons (Fsp3) is 0.722. The van der Waals surface area contributed by atoms with Gasteiger partial charge in [-0.2, -0.15) is 5.26 Å². The number of thioether (sulfide) groups is 1. The van der Waals surface area contributed by atoms with Gasteiger partial charge in [0, 0.05) is 11.5 Å². The summed E-state index contributed by atoms with van der Waals surface area (Å²) in [4.78, 5) is 24.5. The van der Waals surface area contributed by atoms with Gasteiger partial charge in [0.1, 0.15) is 0 Å². The van der Waals surface area contributed by atoms with Gasteiger partial charge >= 0.3 is 11.9 Å². The zero-order valence-electron chi connectivity index (χ0n) is 14.8. The number of aliphatic carboxylic acids is 2. The molecule has 6 heteroatoms. The second kappa shape index (κ2) is 5.52. The Kier molecular flexibility index (Phi) is 4.34. The van der Waals surface area contributed by atoms with Crippen LogP contribution in [0.3, 0.4) is 0 Å². The largest absolute Gasteiger partial charge is 0.481 e. The van der Waals surface area contributed by atoms with Crippen LogP contribution in [0.25, 0.3) is 0 Å². The van der Waals surface area contributed by atoms with Gasteiger partial charge in [0.15, 0.2) is 0 Å². The highest BCUT2D eigenvalue weighted by Gasteiger charge is 2.93. The summed E-state index contributed by atoms with van der Waals surface area (Å²) in [6, 6.07) is 2.14. The normalized spacial score (nSPS) is 35.8. The van der Waals surface area contributed by atoms with Gasteiger partial charge in [0.2, 0.25) is 0 Å². The number of hydrogen-bond acceptors (Lipinski definition) is 4. The third-order valence-electron chi connectivity index (χ3n) is 6.17. The Bertz CT molecular complexity index is 660. The highest BCUT2D eigenvalue weighted by Crippen LogP contribution is 2.88. The Hall–Kier alpha value is -1.48. The van der Waals surface area contributed by atoms with Gasteiger partial charge in [-0.3, -0.25) is 9.59 Å². The lowest BCUT2D eigenvalue weighted by atomic mass is 9.74. The van der Waals surface area contributed by atoms with Crippen molar-refractivity contribution >= 4 is 23.7 Å². The zero-order chi connectivity index (χ0) is 18.6. The van der Waals surface area contributed by atoms with Crippen molar-refractivity contribution in [1.82, 2.24) is 0 Å². The molecular weight excluding hydrogens is 326 g/mol. The van der Waals surface area contributed by atoms with Crippen LogP contribution in [0.4, 0.5) is 0 Å². The summed E-state index contributed by atoms with van der Waals surface area (Å²) >= 11 is 1.48. The molecule has 0 bridgehead atoms. The second-order valence-electron chi connectivity index (χ2n) is 8.09. The van der Waals surface area contributed by atoms with Crippen LogP contribution in [-0.2, 0) is 9.59 Å². The number of nitrogens with zero attached hydrogens (tertiary/aromatic N) is 1. The molecule has 0 aliphatic heterocycles. The van der Waals surface area contributed by atoms with Gasteiger partial charge in [-0.25, -0.2) is 0 Å². The Labute approximate surface area is 147 Å². The van der Waals surface area contributed by atoms with E-state index in [0.717, 1.165) is 12.2 Å². The standard InChI is InChI=1S/C18H25NO4S/c1-6-7-24-9-11(8-19)12-16(4,5)18(12,14(22)23)17(13(20)21)10-15(17,2)3/h9,12H,6-7,10H2,1-5H3,(H,20,21)(H,22,23)/b11-9-/t12?,17?,18-/m0/s1. The number of allylic oxidation sites excluding steroid dienone is 1. The van der Waals surface area contributed by atoms with Crippen molar-refractivity contribution in [3.8, 4) is 6.07 Å². The van der Waals surface area contributed by atoms with Crippen LogP contribution in [0.5, 0.6) is 0 Å². The van der Waals surface area contributed by atoms with E-state index in [4.69, 9.17) is 0 Å². The van der Waals surface area contributed by atoms with E-state index in [1.807, 2.05) is 6.92 Å². The molecular formula is C18H25NO4S. The monoisotopic (exact) mass is 351 g/mol. The molecule has 0 radical (unpaired) electrons. The van der Waals surface area contributed by atoms with E-state index in [0.29, 0.717) is 12.0 Å². The molecule has 0 aromatic carbocycles. The van der Waals surface area contributed by atoms with Gasteiger partial charge in [0.25, 0.3) is 0 Å². The van der Waals surface area contributed by atoms with Crippen molar-refractivity contribution in [3.63, 3.8) is 0 Å². The minimum Gasteiger partial charge on any atom is -0.481 e. The zero-order valence-corrected chi connectivity index (χ0v) is 15.7. The summed E-state index contributed by atoms with van der Waals surface area (Å²) in [5.74, 6) is -1.90. The lowest BCUT2D eigenvalue weighted by Crippen LogP contribution is -2.41. The van der Waals surface area contributed by atoms with Gasteiger partial charge in [-0.05, 0) is 34.8 Å². The fourth-order valence-corrected chi connectivity index (χ4v) is 5.74. The molecule has 0 aromatic rings. The number of carbonyl (C=O) groups is 2. The highest BCUT2D eigenvalue weighted by molar-refractivity contribution is 8.02. The molecule has 0 saturated heterocycles. The van der Waals surface area contributed by atoms with Crippen molar-refractivity contribution in [3.05, 3.63) is 11.0 Å². The second-order valence-corrected chi connectivity index (χ2v) is 9.07. The minimum absolute atomic E-state index is 0.322. The summed E-state index contributed by atoms with van der Waals surface area (Å²) in [5.41, 5.74) is -3.75. The summed E-state index contributed by atoms with van der Waals surface area (Å²) in [7, 11) is 0. The molecule has 5 nitrogen and oxygen atoms in total. The van der Waals surface area contributed by atoms with E-state index >= 15 is 0 Å². The van der Waals surface area contributed by atoms with E-state index in [9.17, 15) is 25.1 Å². The molecule has 2 rings (SSSR count). The first-order chi connectivity index (χ1) is 11.0. The first-order valence-electron chi connectivity index (χ1n) is 8.17. The predicted molar refractivity (Wildman–Crippen MR) is 92.3 cm³/mol. The Morgan fingerprint density at radius 2 is 1.79 bits per heavy atom. The molecule has 2 aliphatic rings. The Morgan fingerprint density at radius 3 is 2.12 bits per heavy atom. The van der Waals surface area contributed by atoms with E-state index in [2.05, 4.69) is 6.07 Å². The van der Waals surface area contributed by atoms with Crippen LogP contribution in [0, 0.1) is 38.9 Å². The van der Waals surface area contributed by atoms with E-state index in [-0.39, 0.29) is 0 Å². The number of rotatable bonds is 7. The molecule has 2 saturated carbocycles. The average molecular weight is 351 g/mol. The molecule has 2 aliphatic carbocycles. The Balaban J connectivity index is 2.56. The van der Waals surface area contributed by atoms with Crippen LogP contribution in [0.1, 0.15) is 47.5 Å². The number of carboxylic acids is 2. The van der Waals surface area contributed by atoms with Crippen molar-refractivity contribution < 1.29 is 19.8 Å². The van der Waals surface area contributed by atoms with Crippen molar-refractivity contribution in [1.29, 1.82) is 5.26 Å². The van der Waals surface area contributed by atoms with Crippen LogP contribution >= 0.6 is 11.8 Å². The number of carboxylic acid groups (broad SMARTS) is 2. The molecule has 2 fully saturated rings. The number of nitriles is 1. The fourth-order valence-electron chi connectivity index (χ4n) is 5.01. The van der Waals surface area contributed by atoms with Gasteiger partial charge in [-0.15, -0.1) is 11.8 Å². The van der Waals surface area contributed by atoms with Crippen LogP contribution in [0.15, 0.2) is 11.0 Å². The molecule has 132 valence electrons. The van der Waals surface area contributed by atoms with Gasteiger partial charge in [-0.1, -0.05) is 34.6 Å². The molecule has 0 amide bonds. The molecule has 2 unspecified atom stereocenters. The van der Waals surface area contributed by atoms with Crippen LogP contribution in [0.2, 0.25) is 0 Å². The predicted octanol–water partition coefficient (Wildman–Crippen LogP) is 3.76. The molecule has 24 heavy (non-hydrogen) atoms. The van der Waals surface area contributed by atoms with E-state index < -0.39 is 39.5 Å². The Morgan fingerprint density at radius 1 is 1.25 bits per heavy atom. The molecule has 0 spiro atoms. The molecule has 0 heterocycles. The van der Waals surface area contributed by atoms with Crippen LogP contribution in [-0.4, -0.2) is 27.9 Å². The minimum atomic E-state index is -1.44. The lowest BCUT2D eigenvalue weighted by Gasteiger charge is -2.27. The molecule has 3 atom stereocenters. The van der Waals surface area contributed by atoms with Crippen molar-refractivity contribution in [2.24, 2.45) is 27.6 Å². The summed E-state index contributed by atoms with van der Waals surface area (Å²) in [6.45, 7) is 9.19. The third-order valence-corrected chi connectivity index (χ3v) is 7.24. The van der Waals surface area contributed by atoms with Crippen molar-refractivity contribution in [2.75, 3.05) is 5.75 Å². The van der Waals surface area contributed by atoms with Gasteiger partial charge < -0.3 is 10.2 Å². The topological polar surface area (TPSA) is 98.4 Å². The van der Waals surface area contributed by atoms with E-state index in [1.54, 1.807) is 33.1 Å². The SMILES string of the molecule is CCCS/C=C(/C#N)C1C(C)(C)[C@]1(C(=O)O)C1(C(=O)O)CC1(C)C. The first-order valence-corrected chi connectivity index (χ1v) is 9.22. The first kappa shape index (κ1) is 18.9. The third kappa shape index (κ3) is 2.00. The smallest absolute Gasteiger partial charge is 0.312 e. The van der Waals surface area contributed by atoms with Crippen molar-refractivity contribution in [2.45, 2.75) is 47.5 Å². The van der Waals surface area contributed by atoms with Gasteiger partial charge in [0.05, 0.1) is 16.9 Å². The lowest BCUT2D eigenvalue weighted by molar-refractivity contribution is -0.162.